The highest BCUT2D eigenvalue weighted by Crippen LogP contribution is 2.37. The van der Waals surface area contributed by atoms with Gasteiger partial charge in [-0.3, -0.25) is 4.98 Å². The summed E-state index contributed by atoms with van der Waals surface area (Å²) in [4.78, 5) is 14.6. The molecule has 0 bridgehead atoms. The maximum Gasteiger partial charge on any atom is 0.446 e. The molecule has 0 saturated carbocycles. The Morgan fingerprint density at radius 1 is 0.921 bits per heavy atom. The van der Waals surface area contributed by atoms with E-state index in [0.29, 0.717) is 34.8 Å². The summed E-state index contributed by atoms with van der Waals surface area (Å²) in [6.45, 7) is 0. The van der Waals surface area contributed by atoms with Crippen molar-refractivity contribution in [1.82, 2.24) is 24.5 Å². The predicted molar refractivity (Wildman–Crippen MR) is 129 cm³/mol. The molecule has 0 radical (unpaired) electrons. The molecule has 0 aliphatic carbocycles. The number of fused-ring (bicyclic) bond motifs is 1. The van der Waals surface area contributed by atoms with Crippen molar-refractivity contribution in [3.63, 3.8) is 0 Å². The lowest BCUT2D eigenvalue weighted by Crippen LogP contribution is -2.04. The number of alkyl halides is 6. The fourth-order valence-corrected chi connectivity index (χ4v) is 4.10. The molecule has 38 heavy (non-hydrogen) atoms. The number of aryl methyl sites for hydroxylation is 1. The number of aromatic nitrogens is 5. The van der Waals surface area contributed by atoms with Crippen molar-refractivity contribution in [2.75, 3.05) is 5.32 Å². The average Bonchev–Trinajstić information content (AvgIpc) is 3.45. The Morgan fingerprint density at radius 2 is 1.66 bits per heavy atom. The lowest BCUT2D eigenvalue weighted by Gasteiger charge is -2.08. The van der Waals surface area contributed by atoms with Gasteiger partial charge < -0.3 is 19.6 Å². The first-order valence-electron chi connectivity index (χ1n) is 10.8. The molecule has 0 atom stereocenters. The minimum atomic E-state index is -4.55. The Bertz CT molecular complexity index is 1590. The Balaban J connectivity index is 1.33. The van der Waals surface area contributed by atoms with Crippen LogP contribution < -0.4 is 10.1 Å². The number of benzene rings is 2. The number of rotatable bonds is 6. The van der Waals surface area contributed by atoms with Crippen LogP contribution in [-0.4, -0.2) is 30.0 Å². The largest absolute Gasteiger partial charge is 0.457 e. The zero-order valence-corrected chi connectivity index (χ0v) is 20.0. The molecule has 0 spiro atoms. The van der Waals surface area contributed by atoms with Gasteiger partial charge in [-0.05, 0) is 54.2 Å². The molecule has 5 aromatic rings. The van der Waals surface area contributed by atoms with Gasteiger partial charge in [0.25, 0.3) is 0 Å². The van der Waals surface area contributed by atoms with E-state index in [9.17, 15) is 26.3 Å². The summed E-state index contributed by atoms with van der Waals surface area (Å²) in [5.41, 5.74) is -3.28. The Hall–Kier alpha value is -4.20. The number of pyridine rings is 1. The van der Waals surface area contributed by atoms with Crippen LogP contribution in [0.15, 0.2) is 71.9 Å². The van der Waals surface area contributed by atoms with Crippen LogP contribution in [0.5, 0.6) is 11.5 Å². The van der Waals surface area contributed by atoms with Crippen LogP contribution in [0.1, 0.15) is 5.69 Å². The van der Waals surface area contributed by atoms with E-state index >= 15 is 0 Å². The number of ether oxygens (including phenoxy) is 1. The van der Waals surface area contributed by atoms with Crippen LogP contribution in [0.2, 0.25) is 0 Å². The Kier molecular flexibility index (Phi) is 6.42. The second-order valence-corrected chi connectivity index (χ2v) is 9.10. The lowest BCUT2D eigenvalue weighted by molar-refractivity contribution is -0.140. The fraction of sp³-hybridized carbons (Fsp3) is 0.125. The van der Waals surface area contributed by atoms with E-state index in [2.05, 4.69) is 25.3 Å². The number of halogens is 6. The molecular weight excluding hydrogens is 534 g/mol. The van der Waals surface area contributed by atoms with Crippen LogP contribution >= 0.6 is 11.8 Å². The number of imidazole rings is 2. The summed E-state index contributed by atoms with van der Waals surface area (Å²) < 4.78 is 83.9. The molecule has 2 N–H and O–H groups in total. The van der Waals surface area contributed by atoms with Gasteiger partial charge in [-0.25, -0.2) is 9.97 Å². The quantitative estimate of drug-likeness (QED) is 0.168. The van der Waals surface area contributed by atoms with Gasteiger partial charge in [-0.1, -0.05) is 0 Å². The topological polar surface area (TPSA) is 80.7 Å². The molecule has 0 fully saturated rings. The summed E-state index contributed by atoms with van der Waals surface area (Å²) in [6, 6.07) is 13.9. The van der Waals surface area contributed by atoms with Gasteiger partial charge in [0.15, 0.2) is 5.82 Å². The van der Waals surface area contributed by atoms with Crippen LogP contribution in [0.25, 0.3) is 22.6 Å². The van der Waals surface area contributed by atoms with E-state index < -0.39 is 17.4 Å². The minimum absolute atomic E-state index is 0.0521. The van der Waals surface area contributed by atoms with Crippen molar-refractivity contribution >= 4 is 34.4 Å². The molecule has 0 saturated heterocycles. The number of nitrogens with zero attached hydrogens (tertiary/aromatic N) is 4. The van der Waals surface area contributed by atoms with Gasteiger partial charge in [-0.2, -0.15) is 26.3 Å². The third-order valence-corrected chi connectivity index (χ3v) is 6.03. The molecule has 0 amide bonds. The second-order valence-electron chi connectivity index (χ2n) is 7.96. The number of thioether (sulfide) groups is 1. The summed E-state index contributed by atoms with van der Waals surface area (Å²) in [6.07, 6.45) is -2.47. The predicted octanol–water partition coefficient (Wildman–Crippen LogP) is 7.53. The van der Waals surface area contributed by atoms with Crippen molar-refractivity contribution in [1.29, 1.82) is 0 Å². The molecule has 3 aromatic heterocycles. The van der Waals surface area contributed by atoms with E-state index in [1.165, 1.54) is 36.5 Å². The number of anilines is 2. The maximum atomic E-state index is 12.9. The molecule has 3 heterocycles. The third kappa shape index (κ3) is 5.69. The van der Waals surface area contributed by atoms with Gasteiger partial charge >= 0.3 is 11.7 Å². The van der Waals surface area contributed by atoms with Crippen LogP contribution in [-0.2, 0) is 13.2 Å². The van der Waals surface area contributed by atoms with Gasteiger partial charge in [0.2, 0.25) is 5.95 Å². The van der Waals surface area contributed by atoms with Crippen LogP contribution in [0.4, 0.5) is 38.0 Å². The zero-order chi connectivity index (χ0) is 27.1. The second kappa shape index (κ2) is 9.59. The summed E-state index contributed by atoms with van der Waals surface area (Å²) in [5.74, 6) is 1.15. The van der Waals surface area contributed by atoms with Crippen molar-refractivity contribution in [2.24, 2.45) is 7.05 Å². The molecule has 0 aliphatic heterocycles. The summed E-state index contributed by atoms with van der Waals surface area (Å²) >= 11 is -0.190. The molecule has 196 valence electrons. The van der Waals surface area contributed by atoms with Crippen molar-refractivity contribution in [3.8, 4) is 23.0 Å². The van der Waals surface area contributed by atoms with Crippen molar-refractivity contribution < 1.29 is 31.1 Å². The highest BCUT2D eigenvalue weighted by molar-refractivity contribution is 8.00. The number of H-pyrrole nitrogens is 1. The van der Waals surface area contributed by atoms with Gasteiger partial charge in [-0.15, -0.1) is 0 Å². The Morgan fingerprint density at radius 3 is 2.34 bits per heavy atom. The lowest BCUT2D eigenvalue weighted by atomic mass is 10.3. The minimum Gasteiger partial charge on any atom is -0.457 e. The standard InChI is InChI=1S/C24H16F6N6OS/c1-36-19-7-4-14(37-15-8-9-31-18(11-15)21-32-12-20(35-21)23(25,26)27)10-17(19)34-22(36)33-13-2-5-16(6-3-13)38-24(28,29)30/h2-12H,1H3,(H,32,35)(H,33,34). The van der Waals surface area contributed by atoms with E-state index in [-0.39, 0.29) is 28.2 Å². The Labute approximate surface area is 214 Å². The molecule has 14 heteroatoms. The maximum absolute atomic E-state index is 12.9. The van der Waals surface area contributed by atoms with E-state index in [0.717, 1.165) is 5.52 Å². The third-order valence-electron chi connectivity index (χ3n) is 5.29. The summed E-state index contributed by atoms with van der Waals surface area (Å²) in [5, 5.41) is 3.08. The molecule has 2 aromatic carbocycles. The van der Waals surface area contributed by atoms with Crippen molar-refractivity contribution in [3.05, 3.63) is 72.7 Å². The van der Waals surface area contributed by atoms with Gasteiger partial charge in [0.05, 0.1) is 17.2 Å². The number of aromatic amines is 1. The van der Waals surface area contributed by atoms with Gasteiger partial charge in [0.1, 0.15) is 22.9 Å². The first-order chi connectivity index (χ1) is 17.9. The number of hydrogen-bond acceptors (Lipinski definition) is 6. The van der Waals surface area contributed by atoms with Crippen LogP contribution in [0, 0.1) is 0 Å². The van der Waals surface area contributed by atoms with Crippen molar-refractivity contribution in [2.45, 2.75) is 16.6 Å². The smallest absolute Gasteiger partial charge is 0.446 e. The zero-order valence-electron chi connectivity index (χ0n) is 19.2. The number of nitrogens with one attached hydrogen (secondary N) is 2. The SMILES string of the molecule is Cn1c(Nc2ccc(SC(F)(F)F)cc2)nc2cc(Oc3ccnc(-c4ncc(C(F)(F)F)[nH]4)c3)ccc21. The first kappa shape index (κ1) is 25.4. The summed E-state index contributed by atoms with van der Waals surface area (Å²) in [7, 11) is 1.78. The number of hydrogen-bond donors (Lipinski definition) is 2. The van der Waals surface area contributed by atoms with Gasteiger partial charge in [0, 0.05) is 36.0 Å². The highest BCUT2D eigenvalue weighted by Gasteiger charge is 2.33. The van der Waals surface area contributed by atoms with Crippen LogP contribution in [0.3, 0.4) is 0 Å². The molecule has 0 unspecified atom stereocenters. The first-order valence-corrected chi connectivity index (χ1v) is 11.6. The van der Waals surface area contributed by atoms with E-state index in [4.69, 9.17) is 4.74 Å². The average molecular weight is 550 g/mol. The van der Waals surface area contributed by atoms with E-state index in [1.807, 2.05) is 0 Å². The normalized spacial score (nSPS) is 12.2. The molecule has 0 aliphatic rings. The highest BCUT2D eigenvalue weighted by atomic mass is 32.2. The molecule has 7 nitrogen and oxygen atoms in total. The monoisotopic (exact) mass is 550 g/mol. The molecular formula is C24H16F6N6OS. The fourth-order valence-electron chi connectivity index (χ4n) is 3.56. The molecule has 5 rings (SSSR count). The van der Waals surface area contributed by atoms with E-state index in [1.54, 1.807) is 35.9 Å².